The largest absolute Gasteiger partial charge is 0.488 e. The fourth-order valence-corrected chi connectivity index (χ4v) is 2.67. The lowest BCUT2D eigenvalue weighted by Crippen LogP contribution is -2.18. The van der Waals surface area contributed by atoms with Crippen LogP contribution < -0.4 is 4.74 Å². The van der Waals surface area contributed by atoms with Crippen molar-refractivity contribution in [3.05, 3.63) is 17.7 Å². The second-order valence-electron chi connectivity index (χ2n) is 2.15. The van der Waals surface area contributed by atoms with Crippen molar-refractivity contribution in [2.24, 2.45) is 0 Å². The molecule has 0 saturated carbocycles. The molecule has 53 valence electrons. The Hall–Kier alpha value is -0.150. The van der Waals surface area contributed by atoms with E-state index >= 15 is 0 Å². The van der Waals surface area contributed by atoms with E-state index < -0.39 is 0 Å². The molecule has 1 aliphatic rings. The number of hydrogen-bond acceptors (Lipinski definition) is 3. The van der Waals surface area contributed by atoms with E-state index in [-0.39, 0.29) is 6.10 Å². The van der Waals surface area contributed by atoms with Gasteiger partial charge in [-0.15, -0.1) is 23.1 Å². The van der Waals surface area contributed by atoms with Gasteiger partial charge in [0.15, 0.2) is 0 Å². The highest BCUT2D eigenvalue weighted by molar-refractivity contribution is 7.99. The van der Waals surface area contributed by atoms with Crippen molar-refractivity contribution in [2.75, 3.05) is 5.75 Å². The van der Waals surface area contributed by atoms with Gasteiger partial charge in [-0.3, -0.25) is 0 Å². The van der Waals surface area contributed by atoms with Crippen molar-refractivity contribution in [3.8, 4) is 5.75 Å². The van der Waals surface area contributed by atoms with Crippen LogP contribution >= 0.6 is 23.1 Å². The molecule has 2 rings (SSSR count). The molecule has 1 radical (unpaired) electrons. The summed E-state index contributed by atoms with van der Waals surface area (Å²) in [6.45, 7) is 3.84. The molecule has 1 aliphatic heterocycles. The standard InChI is InChI=1S/C7H7OS2/c1-5-2-10-7-4-9-3-6(7)8-5/h3-5H,1-2H2. The van der Waals surface area contributed by atoms with Crippen molar-refractivity contribution < 1.29 is 4.74 Å². The summed E-state index contributed by atoms with van der Waals surface area (Å²) in [5.74, 6) is 1.99. The highest BCUT2D eigenvalue weighted by Gasteiger charge is 2.16. The summed E-state index contributed by atoms with van der Waals surface area (Å²) in [7, 11) is 0. The zero-order valence-corrected chi connectivity index (χ0v) is 7.00. The molecule has 0 aromatic carbocycles. The molecular weight excluding hydrogens is 164 g/mol. The molecule has 0 amide bonds. The highest BCUT2D eigenvalue weighted by atomic mass is 32.2. The van der Waals surface area contributed by atoms with E-state index in [2.05, 4.69) is 12.3 Å². The monoisotopic (exact) mass is 171 g/mol. The number of rotatable bonds is 0. The van der Waals surface area contributed by atoms with Crippen LogP contribution in [0.5, 0.6) is 5.75 Å². The number of ether oxygens (including phenoxy) is 1. The number of fused-ring (bicyclic) bond motifs is 1. The summed E-state index contributed by atoms with van der Waals surface area (Å²) in [6.07, 6.45) is 0.132. The molecule has 0 aliphatic carbocycles. The van der Waals surface area contributed by atoms with Gasteiger partial charge in [0, 0.05) is 16.5 Å². The second-order valence-corrected chi connectivity index (χ2v) is 3.96. The highest BCUT2D eigenvalue weighted by Crippen LogP contribution is 2.37. The van der Waals surface area contributed by atoms with Gasteiger partial charge in [0.25, 0.3) is 0 Å². The Morgan fingerprint density at radius 3 is 3.40 bits per heavy atom. The predicted octanol–water partition coefficient (Wildman–Crippen LogP) is 2.44. The van der Waals surface area contributed by atoms with E-state index in [0.717, 1.165) is 11.5 Å². The van der Waals surface area contributed by atoms with Crippen molar-refractivity contribution in [3.63, 3.8) is 0 Å². The Balaban J connectivity index is 2.30. The predicted molar refractivity (Wildman–Crippen MR) is 44.8 cm³/mol. The maximum absolute atomic E-state index is 5.45. The number of thiophene rings is 1. The molecule has 0 spiro atoms. The van der Waals surface area contributed by atoms with Crippen LogP contribution in [0.3, 0.4) is 0 Å². The lowest BCUT2D eigenvalue weighted by Gasteiger charge is -2.19. The molecule has 10 heavy (non-hydrogen) atoms. The van der Waals surface area contributed by atoms with Gasteiger partial charge in [-0.1, -0.05) is 0 Å². The van der Waals surface area contributed by atoms with Gasteiger partial charge in [0.1, 0.15) is 11.9 Å². The maximum atomic E-state index is 5.45. The Kier molecular flexibility index (Phi) is 1.62. The summed E-state index contributed by atoms with van der Waals surface area (Å²) >= 11 is 3.51. The fourth-order valence-electron chi connectivity index (χ4n) is 0.861. The molecule has 1 nitrogen and oxygen atoms in total. The minimum absolute atomic E-state index is 0.132. The van der Waals surface area contributed by atoms with E-state index in [4.69, 9.17) is 4.74 Å². The molecule has 0 fully saturated rings. The van der Waals surface area contributed by atoms with Crippen LogP contribution in [-0.2, 0) is 0 Å². The quantitative estimate of drug-likeness (QED) is 0.593. The summed E-state index contributed by atoms with van der Waals surface area (Å²) < 4.78 is 5.45. The molecule has 0 saturated heterocycles. The third-order valence-electron chi connectivity index (χ3n) is 1.31. The van der Waals surface area contributed by atoms with Crippen LogP contribution in [0.15, 0.2) is 15.7 Å². The van der Waals surface area contributed by atoms with E-state index in [9.17, 15) is 0 Å². The van der Waals surface area contributed by atoms with Crippen molar-refractivity contribution >= 4 is 23.1 Å². The zero-order chi connectivity index (χ0) is 6.97. The van der Waals surface area contributed by atoms with Gasteiger partial charge >= 0.3 is 0 Å². The normalized spacial score (nSPS) is 23.5. The average molecular weight is 171 g/mol. The number of thioether (sulfide) groups is 1. The van der Waals surface area contributed by atoms with Gasteiger partial charge in [-0.2, -0.15) is 0 Å². The molecule has 2 heterocycles. The Labute approximate surface area is 68.4 Å². The molecule has 0 N–H and O–H groups in total. The van der Waals surface area contributed by atoms with Crippen molar-refractivity contribution in [1.82, 2.24) is 0 Å². The molecule has 1 aromatic heterocycles. The van der Waals surface area contributed by atoms with Gasteiger partial charge < -0.3 is 4.74 Å². The topological polar surface area (TPSA) is 9.23 Å². The SMILES string of the molecule is [CH2]C1CSc2cscc2O1. The van der Waals surface area contributed by atoms with Crippen LogP contribution in [0, 0.1) is 6.92 Å². The van der Waals surface area contributed by atoms with Gasteiger partial charge in [-0.05, 0) is 6.92 Å². The first-order chi connectivity index (χ1) is 4.86. The first kappa shape index (κ1) is 6.55. The van der Waals surface area contributed by atoms with E-state index in [1.165, 1.54) is 4.90 Å². The Morgan fingerprint density at radius 1 is 1.60 bits per heavy atom. The summed E-state index contributed by atoms with van der Waals surface area (Å²) in [5, 5.41) is 4.14. The zero-order valence-electron chi connectivity index (χ0n) is 5.37. The Morgan fingerprint density at radius 2 is 2.50 bits per heavy atom. The molecule has 0 bridgehead atoms. The van der Waals surface area contributed by atoms with Gasteiger partial charge in [0.2, 0.25) is 0 Å². The average Bonchev–Trinajstić information content (AvgIpc) is 2.33. The van der Waals surface area contributed by atoms with Crippen LogP contribution in [0.2, 0.25) is 0 Å². The molecule has 1 atom stereocenters. The summed E-state index contributed by atoms with van der Waals surface area (Å²) in [4.78, 5) is 1.27. The lowest BCUT2D eigenvalue weighted by atomic mass is 10.4. The first-order valence-electron chi connectivity index (χ1n) is 3.05. The summed E-state index contributed by atoms with van der Waals surface area (Å²) in [5.41, 5.74) is 0. The number of hydrogen-bond donors (Lipinski definition) is 0. The van der Waals surface area contributed by atoms with Crippen LogP contribution in [0.4, 0.5) is 0 Å². The molecular formula is C7H7OS2. The molecule has 3 heteroatoms. The van der Waals surface area contributed by atoms with Crippen LogP contribution in [-0.4, -0.2) is 11.9 Å². The first-order valence-corrected chi connectivity index (χ1v) is 4.98. The molecule has 1 aromatic rings. The van der Waals surface area contributed by atoms with Crippen molar-refractivity contribution in [2.45, 2.75) is 11.0 Å². The van der Waals surface area contributed by atoms with Crippen LogP contribution in [0.1, 0.15) is 0 Å². The third kappa shape index (κ3) is 1.04. The van der Waals surface area contributed by atoms with Crippen molar-refractivity contribution in [1.29, 1.82) is 0 Å². The lowest BCUT2D eigenvalue weighted by molar-refractivity contribution is 0.261. The minimum Gasteiger partial charge on any atom is -0.488 e. The van der Waals surface area contributed by atoms with E-state index in [0.29, 0.717) is 0 Å². The summed E-state index contributed by atoms with van der Waals surface area (Å²) in [6, 6.07) is 0. The maximum Gasteiger partial charge on any atom is 0.143 e. The molecule has 1 unspecified atom stereocenters. The van der Waals surface area contributed by atoms with Crippen LogP contribution in [0.25, 0.3) is 0 Å². The minimum atomic E-state index is 0.132. The Bertz CT molecular complexity index is 231. The van der Waals surface area contributed by atoms with E-state index in [1.54, 1.807) is 11.3 Å². The van der Waals surface area contributed by atoms with Gasteiger partial charge in [-0.25, -0.2) is 0 Å². The fraction of sp³-hybridized carbons (Fsp3) is 0.286. The van der Waals surface area contributed by atoms with E-state index in [1.807, 2.05) is 17.1 Å². The van der Waals surface area contributed by atoms with Gasteiger partial charge in [0.05, 0.1) is 4.90 Å². The third-order valence-corrected chi connectivity index (χ3v) is 3.35. The second kappa shape index (κ2) is 2.47. The smallest absolute Gasteiger partial charge is 0.143 e.